The van der Waals surface area contributed by atoms with Crippen LogP contribution in [-0.4, -0.2) is 18.1 Å². The van der Waals surface area contributed by atoms with Crippen LogP contribution in [0.2, 0.25) is 0 Å². The summed E-state index contributed by atoms with van der Waals surface area (Å²) in [5.74, 6) is 0. The van der Waals surface area contributed by atoms with Crippen molar-refractivity contribution in [3.8, 4) is 0 Å². The van der Waals surface area contributed by atoms with Crippen molar-refractivity contribution in [1.29, 1.82) is 0 Å². The molecule has 0 bridgehead atoms. The van der Waals surface area contributed by atoms with Crippen LogP contribution in [0.4, 0.5) is 5.69 Å². The Bertz CT molecular complexity index is 705. The second-order valence-corrected chi connectivity index (χ2v) is 6.23. The number of aliphatic hydroxyl groups is 1. The van der Waals surface area contributed by atoms with Crippen molar-refractivity contribution in [2.75, 3.05) is 4.72 Å². The van der Waals surface area contributed by atoms with E-state index in [2.05, 4.69) is 4.72 Å². The molecule has 0 spiro atoms. The molecule has 1 heterocycles. The number of nitrogens with zero attached hydrogens (tertiary/aromatic N) is 1. The molecule has 108 valence electrons. The Hall–Kier alpha value is -1.79. The highest BCUT2D eigenvalue weighted by atomic mass is 32.2. The molecule has 0 saturated heterocycles. The molecular formula is C14H18N2O3S. The Morgan fingerprint density at radius 1 is 1.30 bits per heavy atom. The summed E-state index contributed by atoms with van der Waals surface area (Å²) in [7, 11) is -1.94. The van der Waals surface area contributed by atoms with Gasteiger partial charge >= 0.3 is 0 Å². The van der Waals surface area contributed by atoms with Crippen LogP contribution in [-0.2, 0) is 30.1 Å². The molecule has 20 heavy (non-hydrogen) atoms. The van der Waals surface area contributed by atoms with Gasteiger partial charge in [-0.15, -0.1) is 0 Å². The minimum atomic E-state index is -3.64. The molecule has 0 radical (unpaired) electrons. The number of aromatic nitrogens is 1. The van der Waals surface area contributed by atoms with E-state index in [0.717, 1.165) is 12.0 Å². The van der Waals surface area contributed by atoms with E-state index >= 15 is 0 Å². The fourth-order valence-electron chi connectivity index (χ4n) is 2.01. The van der Waals surface area contributed by atoms with Crippen molar-refractivity contribution >= 4 is 15.7 Å². The number of anilines is 1. The number of aryl methyl sites for hydroxylation is 2. The highest BCUT2D eigenvalue weighted by Gasteiger charge is 2.18. The first-order valence-electron chi connectivity index (χ1n) is 6.34. The standard InChI is InChI=1S/C14H18N2O3S/c1-3-11-6-4-5-7-14(11)15-20(18,19)13-8-12(10-17)16(2)9-13/h4-9,15,17H,3,10H2,1-2H3. The zero-order valence-electron chi connectivity index (χ0n) is 11.5. The molecule has 1 aromatic heterocycles. The molecule has 2 aromatic rings. The Morgan fingerprint density at radius 2 is 2.00 bits per heavy atom. The summed E-state index contributed by atoms with van der Waals surface area (Å²) in [6.07, 6.45) is 2.23. The maximum absolute atomic E-state index is 12.3. The SMILES string of the molecule is CCc1ccccc1NS(=O)(=O)c1cc(CO)n(C)c1. The molecule has 5 nitrogen and oxygen atoms in total. The van der Waals surface area contributed by atoms with Crippen molar-refractivity contribution in [1.82, 2.24) is 4.57 Å². The predicted molar refractivity (Wildman–Crippen MR) is 78.0 cm³/mol. The smallest absolute Gasteiger partial charge is 0.263 e. The number of aliphatic hydroxyl groups excluding tert-OH is 1. The zero-order valence-corrected chi connectivity index (χ0v) is 12.3. The maximum atomic E-state index is 12.3. The average molecular weight is 294 g/mol. The quantitative estimate of drug-likeness (QED) is 0.884. The molecular weight excluding hydrogens is 276 g/mol. The van der Waals surface area contributed by atoms with Gasteiger partial charge < -0.3 is 9.67 Å². The molecule has 2 rings (SSSR count). The fourth-order valence-corrected chi connectivity index (χ4v) is 3.21. The van der Waals surface area contributed by atoms with E-state index in [1.54, 1.807) is 23.7 Å². The minimum absolute atomic E-state index is 0.148. The molecule has 0 unspecified atom stereocenters. The molecule has 0 amide bonds. The number of nitrogens with one attached hydrogen (secondary N) is 1. The Kier molecular flexibility index (Phi) is 4.15. The third kappa shape index (κ3) is 2.86. The van der Waals surface area contributed by atoms with E-state index in [9.17, 15) is 8.42 Å². The van der Waals surface area contributed by atoms with Crippen LogP contribution in [0.3, 0.4) is 0 Å². The second-order valence-electron chi connectivity index (χ2n) is 4.55. The maximum Gasteiger partial charge on any atom is 0.263 e. The molecule has 2 N–H and O–H groups in total. The van der Waals surface area contributed by atoms with Crippen molar-refractivity contribution in [2.45, 2.75) is 24.8 Å². The van der Waals surface area contributed by atoms with Crippen LogP contribution < -0.4 is 4.72 Å². The van der Waals surface area contributed by atoms with E-state index in [1.807, 2.05) is 19.1 Å². The summed E-state index contributed by atoms with van der Waals surface area (Å²) in [4.78, 5) is 0.148. The first-order valence-corrected chi connectivity index (χ1v) is 7.83. The Labute approximate surface area is 118 Å². The predicted octanol–water partition coefficient (Wildman–Crippen LogP) is 1.88. The summed E-state index contributed by atoms with van der Waals surface area (Å²) in [6.45, 7) is 1.77. The lowest BCUT2D eigenvalue weighted by atomic mass is 10.1. The third-order valence-corrected chi connectivity index (χ3v) is 4.53. The number of sulfonamides is 1. The van der Waals surface area contributed by atoms with Crippen LogP contribution in [0.25, 0.3) is 0 Å². The van der Waals surface area contributed by atoms with Crippen molar-refractivity contribution in [2.24, 2.45) is 7.05 Å². The van der Waals surface area contributed by atoms with Gasteiger partial charge in [-0.3, -0.25) is 4.72 Å². The molecule has 0 aliphatic carbocycles. The highest BCUT2D eigenvalue weighted by Crippen LogP contribution is 2.21. The monoisotopic (exact) mass is 294 g/mol. The number of para-hydroxylation sites is 1. The Morgan fingerprint density at radius 3 is 2.60 bits per heavy atom. The van der Waals surface area contributed by atoms with Crippen LogP contribution in [0, 0.1) is 0 Å². The van der Waals surface area contributed by atoms with Gasteiger partial charge in [0.25, 0.3) is 10.0 Å². The van der Waals surface area contributed by atoms with Crippen molar-refractivity contribution < 1.29 is 13.5 Å². The minimum Gasteiger partial charge on any atom is -0.390 e. The summed E-state index contributed by atoms with van der Waals surface area (Å²) in [5, 5.41) is 9.13. The number of benzene rings is 1. The molecule has 0 aliphatic rings. The van der Waals surface area contributed by atoms with Crippen LogP contribution in [0.15, 0.2) is 41.4 Å². The van der Waals surface area contributed by atoms with Gasteiger partial charge in [0.05, 0.1) is 12.3 Å². The molecule has 0 aliphatic heterocycles. The number of hydrogen-bond donors (Lipinski definition) is 2. The lowest BCUT2D eigenvalue weighted by Crippen LogP contribution is -2.13. The largest absolute Gasteiger partial charge is 0.390 e. The first kappa shape index (κ1) is 14.6. The first-order chi connectivity index (χ1) is 9.47. The normalized spacial score (nSPS) is 11.6. The topological polar surface area (TPSA) is 71.3 Å². The summed E-state index contributed by atoms with van der Waals surface area (Å²) >= 11 is 0. The highest BCUT2D eigenvalue weighted by molar-refractivity contribution is 7.92. The van der Waals surface area contributed by atoms with E-state index in [-0.39, 0.29) is 11.5 Å². The average Bonchev–Trinajstić information content (AvgIpc) is 2.81. The van der Waals surface area contributed by atoms with Gasteiger partial charge in [0, 0.05) is 18.9 Å². The van der Waals surface area contributed by atoms with Gasteiger partial charge in [0.1, 0.15) is 4.90 Å². The van der Waals surface area contributed by atoms with Gasteiger partial charge in [-0.1, -0.05) is 25.1 Å². The fraction of sp³-hybridized carbons (Fsp3) is 0.286. The van der Waals surface area contributed by atoms with E-state index < -0.39 is 10.0 Å². The van der Waals surface area contributed by atoms with Crippen molar-refractivity contribution in [3.63, 3.8) is 0 Å². The third-order valence-electron chi connectivity index (χ3n) is 3.20. The zero-order chi connectivity index (χ0) is 14.8. The number of rotatable bonds is 5. The second kappa shape index (κ2) is 5.68. The summed E-state index contributed by atoms with van der Waals surface area (Å²) in [5.41, 5.74) is 2.08. The molecule has 6 heteroatoms. The van der Waals surface area contributed by atoms with E-state index in [0.29, 0.717) is 11.4 Å². The van der Waals surface area contributed by atoms with Gasteiger partial charge in [-0.05, 0) is 24.1 Å². The van der Waals surface area contributed by atoms with Crippen LogP contribution >= 0.6 is 0 Å². The lowest BCUT2D eigenvalue weighted by Gasteiger charge is -2.10. The molecule has 0 fully saturated rings. The van der Waals surface area contributed by atoms with Gasteiger partial charge in [-0.2, -0.15) is 0 Å². The van der Waals surface area contributed by atoms with E-state index in [4.69, 9.17) is 5.11 Å². The van der Waals surface area contributed by atoms with Gasteiger partial charge in [0.2, 0.25) is 0 Å². The summed E-state index contributed by atoms with van der Waals surface area (Å²) < 4.78 is 28.9. The van der Waals surface area contributed by atoms with Crippen LogP contribution in [0.5, 0.6) is 0 Å². The van der Waals surface area contributed by atoms with Crippen LogP contribution in [0.1, 0.15) is 18.2 Å². The van der Waals surface area contributed by atoms with Crippen molar-refractivity contribution in [3.05, 3.63) is 47.8 Å². The molecule has 1 aromatic carbocycles. The summed E-state index contributed by atoms with van der Waals surface area (Å²) in [6, 6.07) is 8.77. The number of hydrogen-bond acceptors (Lipinski definition) is 3. The van der Waals surface area contributed by atoms with Gasteiger partial charge in [0.15, 0.2) is 0 Å². The molecule has 0 saturated carbocycles. The Balaban J connectivity index is 2.35. The lowest BCUT2D eigenvalue weighted by molar-refractivity contribution is 0.272. The van der Waals surface area contributed by atoms with E-state index in [1.165, 1.54) is 12.3 Å². The molecule has 0 atom stereocenters. The van der Waals surface area contributed by atoms with Gasteiger partial charge in [-0.25, -0.2) is 8.42 Å².